The summed E-state index contributed by atoms with van der Waals surface area (Å²) in [5, 5.41) is 8.39. The predicted octanol–water partition coefficient (Wildman–Crippen LogP) is 3.65. The number of esters is 2. The van der Waals surface area contributed by atoms with Crippen LogP contribution in [0.25, 0.3) is 10.9 Å². The van der Waals surface area contributed by atoms with Gasteiger partial charge in [-0.2, -0.15) is 18.3 Å². The molecular weight excluding hydrogens is 479 g/mol. The van der Waals surface area contributed by atoms with Crippen molar-refractivity contribution in [2.45, 2.75) is 12.7 Å². The number of alkyl halides is 3. The van der Waals surface area contributed by atoms with Gasteiger partial charge in [0, 0.05) is 23.2 Å². The zero-order chi connectivity index (χ0) is 24.9. The van der Waals surface area contributed by atoms with Crippen LogP contribution < -0.4 is 5.32 Å². The van der Waals surface area contributed by atoms with Crippen LogP contribution in [0.3, 0.4) is 0 Å². The Bertz CT molecular complexity index is 1180. The standard InChI is InChI=1S/C21H21ClF3N5O4/c1-29(2)7-9-33-10-8-30-17-4-3-13(22)11-15(17)18(28-30)27-16-12-26-6-5-14(16)19(31)34-20(32)21(23,24)25/h3-6,11-12H,7-10H2,1-2H3,(H,27,28). The third kappa shape index (κ3) is 6.43. The Morgan fingerprint density at radius 3 is 2.68 bits per heavy atom. The van der Waals surface area contributed by atoms with E-state index in [0.717, 1.165) is 12.6 Å². The molecule has 0 unspecified atom stereocenters. The molecule has 1 aromatic carbocycles. The number of aromatic nitrogens is 3. The fourth-order valence-electron chi connectivity index (χ4n) is 2.91. The minimum absolute atomic E-state index is 0.00349. The highest BCUT2D eigenvalue weighted by Crippen LogP contribution is 2.30. The van der Waals surface area contributed by atoms with Crippen LogP contribution in [0.2, 0.25) is 5.02 Å². The molecule has 0 fully saturated rings. The Hall–Kier alpha value is -3.22. The molecule has 3 aromatic rings. The van der Waals surface area contributed by atoms with Gasteiger partial charge in [0.05, 0.1) is 42.7 Å². The van der Waals surface area contributed by atoms with Gasteiger partial charge in [-0.3, -0.25) is 9.67 Å². The van der Waals surface area contributed by atoms with Crippen LogP contribution in [0.1, 0.15) is 10.4 Å². The molecule has 0 saturated carbocycles. The van der Waals surface area contributed by atoms with E-state index in [1.807, 2.05) is 19.0 Å². The molecule has 2 aromatic heterocycles. The van der Waals surface area contributed by atoms with E-state index in [-0.39, 0.29) is 17.1 Å². The first kappa shape index (κ1) is 25.4. The summed E-state index contributed by atoms with van der Waals surface area (Å²) in [4.78, 5) is 29.1. The number of fused-ring (bicyclic) bond motifs is 1. The fourth-order valence-corrected chi connectivity index (χ4v) is 3.08. The lowest BCUT2D eigenvalue weighted by Crippen LogP contribution is -2.28. The molecule has 0 aliphatic rings. The number of benzene rings is 1. The van der Waals surface area contributed by atoms with Crippen LogP contribution in [0.5, 0.6) is 0 Å². The fraction of sp³-hybridized carbons (Fsp3) is 0.333. The number of carbonyl (C=O) groups is 2. The van der Waals surface area contributed by atoms with Crippen LogP contribution in [-0.2, 0) is 20.8 Å². The molecule has 13 heteroatoms. The topological polar surface area (TPSA) is 98.6 Å². The van der Waals surface area contributed by atoms with E-state index in [2.05, 4.69) is 20.1 Å². The van der Waals surface area contributed by atoms with Crippen LogP contribution >= 0.6 is 11.6 Å². The Morgan fingerprint density at radius 2 is 1.97 bits per heavy atom. The first-order valence-electron chi connectivity index (χ1n) is 9.99. The number of anilines is 2. The van der Waals surface area contributed by atoms with Crippen molar-refractivity contribution in [1.29, 1.82) is 0 Å². The van der Waals surface area contributed by atoms with Crippen molar-refractivity contribution in [3.05, 3.63) is 47.2 Å². The molecule has 0 amide bonds. The highest BCUT2D eigenvalue weighted by atomic mass is 35.5. The summed E-state index contributed by atoms with van der Waals surface area (Å²) in [6.07, 6.45) is -2.93. The average molecular weight is 500 g/mol. The first-order chi connectivity index (χ1) is 16.1. The summed E-state index contributed by atoms with van der Waals surface area (Å²) >= 11 is 6.14. The molecule has 0 atom stereocenters. The van der Waals surface area contributed by atoms with Gasteiger partial charge in [0.1, 0.15) is 0 Å². The highest BCUT2D eigenvalue weighted by molar-refractivity contribution is 6.31. The van der Waals surface area contributed by atoms with Crippen LogP contribution in [0, 0.1) is 0 Å². The predicted molar refractivity (Wildman–Crippen MR) is 118 cm³/mol. The number of hydrogen-bond acceptors (Lipinski definition) is 8. The van der Waals surface area contributed by atoms with Crippen molar-refractivity contribution in [3.8, 4) is 0 Å². The van der Waals surface area contributed by atoms with Crippen LogP contribution in [-0.4, -0.2) is 71.6 Å². The Labute approximate surface area is 197 Å². The number of ether oxygens (including phenoxy) is 2. The van der Waals surface area contributed by atoms with Crippen molar-refractivity contribution in [1.82, 2.24) is 19.7 Å². The van der Waals surface area contributed by atoms with E-state index in [1.165, 1.54) is 12.4 Å². The molecule has 0 radical (unpaired) electrons. The zero-order valence-corrected chi connectivity index (χ0v) is 19.0. The second-order valence-electron chi connectivity index (χ2n) is 7.37. The molecule has 0 aliphatic carbocycles. The van der Waals surface area contributed by atoms with Gasteiger partial charge in [-0.25, -0.2) is 9.59 Å². The normalized spacial score (nSPS) is 11.7. The van der Waals surface area contributed by atoms with E-state index < -0.39 is 18.1 Å². The van der Waals surface area contributed by atoms with E-state index in [9.17, 15) is 22.8 Å². The number of nitrogens with zero attached hydrogens (tertiary/aromatic N) is 4. The van der Waals surface area contributed by atoms with E-state index in [4.69, 9.17) is 16.3 Å². The van der Waals surface area contributed by atoms with Crippen molar-refractivity contribution in [2.24, 2.45) is 0 Å². The van der Waals surface area contributed by atoms with Gasteiger partial charge < -0.3 is 19.7 Å². The summed E-state index contributed by atoms with van der Waals surface area (Å²) in [6, 6.07) is 6.22. The van der Waals surface area contributed by atoms with Crippen LogP contribution in [0.15, 0.2) is 36.7 Å². The van der Waals surface area contributed by atoms with Gasteiger partial charge in [-0.1, -0.05) is 11.6 Å². The molecule has 0 saturated heterocycles. The van der Waals surface area contributed by atoms with Gasteiger partial charge in [0.2, 0.25) is 0 Å². The molecule has 9 nitrogen and oxygen atoms in total. The number of rotatable bonds is 9. The average Bonchev–Trinajstić information content (AvgIpc) is 3.09. The van der Waals surface area contributed by atoms with Gasteiger partial charge in [0.15, 0.2) is 5.82 Å². The Kier molecular flexibility index (Phi) is 8.07. The summed E-state index contributed by atoms with van der Waals surface area (Å²) in [6.45, 7) is 2.10. The van der Waals surface area contributed by atoms with E-state index >= 15 is 0 Å². The summed E-state index contributed by atoms with van der Waals surface area (Å²) in [7, 11) is 3.88. The van der Waals surface area contributed by atoms with Crippen LogP contribution in [0.4, 0.5) is 24.7 Å². The van der Waals surface area contributed by atoms with Gasteiger partial charge in [0.25, 0.3) is 0 Å². The maximum atomic E-state index is 12.5. The smallest absolute Gasteiger partial charge is 0.383 e. The number of likely N-dealkylation sites (N-methyl/N-ethyl adjacent to an activating group) is 1. The lowest BCUT2D eigenvalue weighted by atomic mass is 10.2. The molecule has 34 heavy (non-hydrogen) atoms. The molecule has 0 aliphatic heterocycles. The molecule has 0 spiro atoms. The van der Waals surface area contributed by atoms with Gasteiger partial charge >= 0.3 is 18.1 Å². The van der Waals surface area contributed by atoms with Crippen molar-refractivity contribution in [2.75, 3.05) is 39.2 Å². The summed E-state index contributed by atoms with van der Waals surface area (Å²) in [5.74, 6) is -3.82. The number of pyridine rings is 1. The van der Waals surface area contributed by atoms with Crippen molar-refractivity contribution >= 4 is 45.9 Å². The lowest BCUT2D eigenvalue weighted by Gasteiger charge is -2.10. The highest BCUT2D eigenvalue weighted by Gasteiger charge is 2.42. The summed E-state index contributed by atoms with van der Waals surface area (Å²) < 4.78 is 48.7. The molecule has 1 N–H and O–H groups in total. The number of hydrogen-bond donors (Lipinski definition) is 1. The second-order valence-corrected chi connectivity index (χ2v) is 7.81. The van der Waals surface area contributed by atoms with Crippen molar-refractivity contribution < 1.29 is 32.2 Å². The van der Waals surface area contributed by atoms with E-state index in [1.54, 1.807) is 22.9 Å². The molecular formula is C21H21ClF3N5O4. The Morgan fingerprint density at radius 1 is 1.21 bits per heavy atom. The minimum atomic E-state index is -5.31. The minimum Gasteiger partial charge on any atom is -0.383 e. The van der Waals surface area contributed by atoms with Gasteiger partial charge in [-0.15, -0.1) is 0 Å². The molecule has 2 heterocycles. The Balaban J connectivity index is 1.84. The quantitative estimate of drug-likeness (QED) is 0.271. The number of nitrogens with one attached hydrogen (secondary N) is 1. The zero-order valence-electron chi connectivity index (χ0n) is 18.2. The SMILES string of the molecule is CN(C)CCOCCn1nc(Nc2cnccc2C(=O)OC(=O)C(F)(F)F)c2cc(Cl)ccc21. The second kappa shape index (κ2) is 10.8. The third-order valence-electron chi connectivity index (χ3n) is 4.55. The van der Waals surface area contributed by atoms with Crippen molar-refractivity contribution in [3.63, 3.8) is 0 Å². The largest absolute Gasteiger partial charge is 0.491 e. The molecule has 182 valence electrons. The maximum Gasteiger partial charge on any atom is 0.491 e. The number of carbonyl (C=O) groups excluding carboxylic acids is 2. The molecule has 3 rings (SSSR count). The lowest BCUT2D eigenvalue weighted by molar-refractivity contribution is -0.193. The van der Waals surface area contributed by atoms with E-state index in [0.29, 0.717) is 35.7 Å². The first-order valence-corrected chi connectivity index (χ1v) is 10.4. The summed E-state index contributed by atoms with van der Waals surface area (Å²) in [5.41, 5.74) is 0.379. The monoisotopic (exact) mass is 499 g/mol. The number of halogens is 4. The van der Waals surface area contributed by atoms with Gasteiger partial charge in [-0.05, 0) is 38.4 Å². The third-order valence-corrected chi connectivity index (χ3v) is 4.79. The molecule has 0 bridgehead atoms. The maximum absolute atomic E-state index is 12.5.